The molecule has 2 N–H and O–H groups in total. The lowest BCUT2D eigenvalue weighted by molar-refractivity contribution is 0.0947. The van der Waals surface area contributed by atoms with Crippen molar-refractivity contribution in [2.45, 2.75) is 13.5 Å². The Balaban J connectivity index is 1.74. The molecule has 0 aliphatic heterocycles. The highest BCUT2D eigenvalue weighted by Crippen LogP contribution is 2.17. The maximum absolute atomic E-state index is 12.2. The molecule has 0 bridgehead atoms. The summed E-state index contributed by atoms with van der Waals surface area (Å²) >= 11 is 0. The highest BCUT2D eigenvalue weighted by atomic mass is 16.1. The van der Waals surface area contributed by atoms with Crippen LogP contribution >= 0.6 is 0 Å². The molecular formula is C18H15N3O. The number of carbonyl (C=O) groups excluding carboxylic acids is 1. The van der Waals surface area contributed by atoms with E-state index in [0.29, 0.717) is 17.8 Å². The normalized spacial score (nSPS) is 10.4. The van der Waals surface area contributed by atoms with Crippen LogP contribution in [0.4, 0.5) is 0 Å². The first kappa shape index (κ1) is 13.9. The number of benzene rings is 2. The molecule has 2 aromatic carbocycles. The summed E-state index contributed by atoms with van der Waals surface area (Å²) in [6.07, 6.45) is 0. The Hall–Kier alpha value is -3.06. The third-order valence-electron chi connectivity index (χ3n) is 3.53. The minimum absolute atomic E-state index is 0.156. The molecule has 0 aliphatic carbocycles. The quantitative estimate of drug-likeness (QED) is 0.777. The van der Waals surface area contributed by atoms with Gasteiger partial charge in [-0.25, -0.2) is 0 Å². The van der Waals surface area contributed by atoms with Crippen LogP contribution in [0.1, 0.15) is 27.2 Å². The molecule has 0 aliphatic rings. The summed E-state index contributed by atoms with van der Waals surface area (Å²) in [5.74, 6) is -0.156. The Labute approximate surface area is 128 Å². The van der Waals surface area contributed by atoms with Crippen LogP contribution < -0.4 is 5.32 Å². The first-order chi connectivity index (χ1) is 10.7. The zero-order valence-corrected chi connectivity index (χ0v) is 12.2. The molecule has 1 heterocycles. The van der Waals surface area contributed by atoms with Crippen molar-refractivity contribution in [3.05, 3.63) is 70.9 Å². The van der Waals surface area contributed by atoms with Crippen molar-refractivity contribution in [3.63, 3.8) is 0 Å². The number of hydrogen-bond donors (Lipinski definition) is 2. The van der Waals surface area contributed by atoms with E-state index in [9.17, 15) is 4.79 Å². The lowest BCUT2D eigenvalue weighted by atomic mass is 10.1. The molecule has 0 unspecified atom stereocenters. The number of nitrogens with one attached hydrogen (secondary N) is 2. The van der Waals surface area contributed by atoms with Crippen LogP contribution in [0.2, 0.25) is 0 Å². The second-order valence-electron chi connectivity index (χ2n) is 5.27. The molecule has 1 amide bonds. The molecule has 108 valence electrons. The van der Waals surface area contributed by atoms with Crippen LogP contribution in [-0.4, -0.2) is 10.9 Å². The Morgan fingerprint density at radius 3 is 2.91 bits per heavy atom. The van der Waals surface area contributed by atoms with Crippen LogP contribution in [0.5, 0.6) is 0 Å². The lowest BCUT2D eigenvalue weighted by Gasteiger charge is -2.04. The molecule has 4 nitrogen and oxygen atoms in total. The molecule has 4 heteroatoms. The Morgan fingerprint density at radius 1 is 1.23 bits per heavy atom. The molecule has 0 radical (unpaired) electrons. The average molecular weight is 289 g/mol. The first-order valence-electron chi connectivity index (χ1n) is 7.02. The number of fused-ring (bicyclic) bond motifs is 1. The standard InChI is InChI=1S/C18H15N3O/c1-12-5-6-15-9-17(21-16(15)7-12)18(22)20-11-14-4-2-3-13(8-14)10-19/h2-9,21H,11H2,1H3,(H,20,22). The van der Waals surface area contributed by atoms with Gasteiger partial charge >= 0.3 is 0 Å². The summed E-state index contributed by atoms with van der Waals surface area (Å²) in [4.78, 5) is 15.4. The van der Waals surface area contributed by atoms with E-state index in [4.69, 9.17) is 5.26 Å². The van der Waals surface area contributed by atoms with E-state index in [-0.39, 0.29) is 5.91 Å². The van der Waals surface area contributed by atoms with Gasteiger partial charge in [-0.05, 0) is 42.3 Å². The predicted molar refractivity (Wildman–Crippen MR) is 85.4 cm³/mol. The molecule has 0 saturated heterocycles. The maximum atomic E-state index is 12.2. The van der Waals surface area contributed by atoms with Crippen molar-refractivity contribution < 1.29 is 4.79 Å². The van der Waals surface area contributed by atoms with Gasteiger partial charge in [-0.1, -0.05) is 24.3 Å². The summed E-state index contributed by atoms with van der Waals surface area (Å²) < 4.78 is 0. The summed E-state index contributed by atoms with van der Waals surface area (Å²) in [6, 6.07) is 17.2. The molecule has 0 atom stereocenters. The number of aromatic nitrogens is 1. The van der Waals surface area contributed by atoms with Crippen LogP contribution in [0.15, 0.2) is 48.5 Å². The topological polar surface area (TPSA) is 68.7 Å². The van der Waals surface area contributed by atoms with Gasteiger partial charge in [0.25, 0.3) is 5.91 Å². The number of aryl methyl sites for hydroxylation is 1. The van der Waals surface area contributed by atoms with Gasteiger partial charge in [0, 0.05) is 17.4 Å². The molecule has 1 aromatic heterocycles. The Bertz CT molecular complexity index is 887. The Morgan fingerprint density at radius 2 is 2.09 bits per heavy atom. The van der Waals surface area contributed by atoms with E-state index in [0.717, 1.165) is 22.0 Å². The van der Waals surface area contributed by atoms with E-state index >= 15 is 0 Å². The third kappa shape index (κ3) is 2.84. The smallest absolute Gasteiger partial charge is 0.267 e. The van der Waals surface area contributed by atoms with Crippen molar-refractivity contribution in [3.8, 4) is 6.07 Å². The summed E-state index contributed by atoms with van der Waals surface area (Å²) in [5.41, 5.74) is 4.13. The van der Waals surface area contributed by atoms with Gasteiger partial charge in [0.1, 0.15) is 5.69 Å². The number of hydrogen-bond acceptors (Lipinski definition) is 2. The molecule has 22 heavy (non-hydrogen) atoms. The minimum Gasteiger partial charge on any atom is -0.351 e. The third-order valence-corrected chi connectivity index (χ3v) is 3.53. The van der Waals surface area contributed by atoms with Gasteiger partial charge < -0.3 is 10.3 Å². The summed E-state index contributed by atoms with van der Waals surface area (Å²) in [6.45, 7) is 2.41. The number of aromatic amines is 1. The van der Waals surface area contributed by atoms with E-state index in [1.807, 2.05) is 43.3 Å². The minimum atomic E-state index is -0.156. The second kappa shape index (κ2) is 5.74. The van der Waals surface area contributed by atoms with Gasteiger partial charge in [-0.2, -0.15) is 5.26 Å². The Kier molecular flexibility index (Phi) is 3.63. The van der Waals surface area contributed by atoms with Crippen molar-refractivity contribution in [2.24, 2.45) is 0 Å². The predicted octanol–water partition coefficient (Wildman–Crippen LogP) is 3.28. The number of rotatable bonds is 3. The number of nitrogens with zero attached hydrogens (tertiary/aromatic N) is 1. The van der Waals surface area contributed by atoms with Crippen molar-refractivity contribution >= 4 is 16.8 Å². The molecule has 0 spiro atoms. The van der Waals surface area contributed by atoms with Crippen molar-refractivity contribution in [1.29, 1.82) is 5.26 Å². The first-order valence-corrected chi connectivity index (χ1v) is 7.02. The summed E-state index contributed by atoms with van der Waals surface area (Å²) in [5, 5.41) is 12.8. The SMILES string of the molecule is Cc1ccc2cc(C(=O)NCc3cccc(C#N)c3)[nH]c2c1. The van der Waals surface area contributed by atoms with Crippen molar-refractivity contribution in [2.75, 3.05) is 0 Å². The molecule has 3 rings (SSSR count). The molecule has 0 saturated carbocycles. The molecule has 0 fully saturated rings. The number of carbonyl (C=O) groups is 1. The van der Waals surface area contributed by atoms with Gasteiger partial charge in [0.2, 0.25) is 0 Å². The number of H-pyrrole nitrogens is 1. The van der Waals surface area contributed by atoms with Crippen LogP contribution in [0, 0.1) is 18.3 Å². The fourth-order valence-electron chi connectivity index (χ4n) is 2.39. The van der Waals surface area contributed by atoms with Gasteiger partial charge in [0.15, 0.2) is 0 Å². The second-order valence-corrected chi connectivity index (χ2v) is 5.27. The summed E-state index contributed by atoms with van der Waals surface area (Å²) in [7, 11) is 0. The largest absolute Gasteiger partial charge is 0.351 e. The average Bonchev–Trinajstić information content (AvgIpc) is 2.96. The van der Waals surface area contributed by atoms with Gasteiger partial charge in [0.05, 0.1) is 11.6 Å². The zero-order valence-electron chi connectivity index (χ0n) is 12.2. The van der Waals surface area contributed by atoms with Crippen molar-refractivity contribution in [1.82, 2.24) is 10.3 Å². The van der Waals surface area contributed by atoms with Crippen LogP contribution in [-0.2, 0) is 6.54 Å². The van der Waals surface area contributed by atoms with E-state index in [1.165, 1.54) is 0 Å². The fourth-order valence-corrected chi connectivity index (χ4v) is 2.39. The monoisotopic (exact) mass is 289 g/mol. The zero-order chi connectivity index (χ0) is 15.5. The number of nitriles is 1. The van der Waals surface area contributed by atoms with Gasteiger partial charge in [-0.15, -0.1) is 0 Å². The number of amides is 1. The van der Waals surface area contributed by atoms with Crippen LogP contribution in [0.25, 0.3) is 10.9 Å². The fraction of sp³-hybridized carbons (Fsp3) is 0.111. The van der Waals surface area contributed by atoms with Gasteiger partial charge in [-0.3, -0.25) is 4.79 Å². The van der Waals surface area contributed by atoms with E-state index in [1.54, 1.807) is 12.1 Å². The highest BCUT2D eigenvalue weighted by molar-refractivity contribution is 5.98. The lowest BCUT2D eigenvalue weighted by Crippen LogP contribution is -2.23. The van der Waals surface area contributed by atoms with Crippen LogP contribution in [0.3, 0.4) is 0 Å². The molecule has 3 aromatic rings. The molecular weight excluding hydrogens is 274 g/mol. The maximum Gasteiger partial charge on any atom is 0.267 e. The highest BCUT2D eigenvalue weighted by Gasteiger charge is 2.09. The van der Waals surface area contributed by atoms with E-state index < -0.39 is 0 Å². The van der Waals surface area contributed by atoms with E-state index in [2.05, 4.69) is 16.4 Å².